The molecule has 76 heavy (non-hydrogen) atoms. The SMILES string of the molecule is CC(C)CCCCCCCCCCCCCCCOC(=O)OC1CC(OC(=O)OCCCCCCCCCCCCCCCC(C)C)C(OC(=O)OCCCCCCCCCCCCCCCC(C)C)CC1OC(=O)O. The zero-order chi connectivity index (χ0) is 55.5. The molecule has 448 valence electrons. The number of hydrogen-bond acceptors (Lipinski definition) is 11. The minimum Gasteiger partial charge on any atom is -0.450 e. The van der Waals surface area contributed by atoms with Gasteiger partial charge in [-0.05, 0) is 37.0 Å². The summed E-state index contributed by atoms with van der Waals surface area (Å²) >= 11 is 0. The van der Waals surface area contributed by atoms with Crippen LogP contribution in [0.25, 0.3) is 0 Å². The van der Waals surface area contributed by atoms with Gasteiger partial charge in [-0.25, -0.2) is 19.2 Å². The van der Waals surface area contributed by atoms with Gasteiger partial charge in [-0.3, -0.25) is 0 Å². The monoisotopic (exact) mass is 1080 g/mol. The number of unbranched alkanes of at least 4 members (excludes halogenated alkanes) is 36. The first-order chi connectivity index (χ1) is 36.9. The molecule has 1 aliphatic carbocycles. The zero-order valence-electron chi connectivity index (χ0n) is 50.2. The van der Waals surface area contributed by atoms with Gasteiger partial charge < -0.3 is 38.3 Å². The van der Waals surface area contributed by atoms with Gasteiger partial charge >= 0.3 is 24.6 Å². The molecule has 12 nitrogen and oxygen atoms in total. The number of rotatable bonds is 52. The third kappa shape index (κ3) is 47.1. The molecule has 1 saturated carbocycles. The van der Waals surface area contributed by atoms with Crippen molar-refractivity contribution in [3.8, 4) is 0 Å². The molecule has 0 aromatic heterocycles. The average molecular weight is 1080 g/mol. The third-order valence-corrected chi connectivity index (χ3v) is 15.2. The highest BCUT2D eigenvalue weighted by atomic mass is 16.8. The van der Waals surface area contributed by atoms with Crippen molar-refractivity contribution in [2.75, 3.05) is 19.8 Å². The molecule has 0 heterocycles. The summed E-state index contributed by atoms with van der Waals surface area (Å²) in [7, 11) is 0. The second kappa shape index (κ2) is 51.5. The zero-order valence-corrected chi connectivity index (χ0v) is 50.2. The quantitative estimate of drug-likeness (QED) is 0.0350. The predicted octanol–water partition coefficient (Wildman–Crippen LogP) is 20.8. The van der Waals surface area contributed by atoms with Crippen LogP contribution in [0.2, 0.25) is 0 Å². The van der Waals surface area contributed by atoms with Crippen molar-refractivity contribution in [1.29, 1.82) is 0 Å². The van der Waals surface area contributed by atoms with Crippen LogP contribution in [0, 0.1) is 17.8 Å². The van der Waals surface area contributed by atoms with Crippen LogP contribution in [0.15, 0.2) is 0 Å². The molecule has 1 aliphatic rings. The van der Waals surface area contributed by atoms with E-state index in [0.717, 1.165) is 75.5 Å². The number of carboxylic acid groups (broad SMARTS) is 1. The summed E-state index contributed by atoms with van der Waals surface area (Å²) in [4.78, 5) is 50.8. The average Bonchev–Trinajstić information content (AvgIpc) is 3.36. The minimum atomic E-state index is -1.58. The molecular weight excluding hydrogens is 961 g/mol. The summed E-state index contributed by atoms with van der Waals surface area (Å²) < 4.78 is 38.4. The van der Waals surface area contributed by atoms with Crippen LogP contribution in [-0.2, 0) is 33.2 Å². The Morgan fingerprint density at radius 2 is 0.461 bits per heavy atom. The maximum absolute atomic E-state index is 13.0. The summed E-state index contributed by atoms with van der Waals surface area (Å²) in [5.74, 6) is 2.43. The van der Waals surface area contributed by atoms with Crippen LogP contribution in [0.1, 0.15) is 324 Å². The van der Waals surface area contributed by atoms with Gasteiger partial charge in [0.1, 0.15) is 24.4 Å². The van der Waals surface area contributed by atoms with Gasteiger partial charge in [0.25, 0.3) is 0 Å². The Morgan fingerprint density at radius 3 is 0.645 bits per heavy atom. The Labute approximate surface area is 466 Å². The third-order valence-electron chi connectivity index (χ3n) is 15.2. The first-order valence-electron chi connectivity index (χ1n) is 32.3. The van der Waals surface area contributed by atoms with Crippen molar-refractivity contribution < 1.29 is 57.4 Å². The fourth-order valence-electron chi connectivity index (χ4n) is 10.4. The van der Waals surface area contributed by atoms with Crippen molar-refractivity contribution in [2.45, 2.75) is 348 Å². The maximum Gasteiger partial charge on any atom is 0.508 e. The van der Waals surface area contributed by atoms with Crippen LogP contribution in [0.4, 0.5) is 19.2 Å². The molecule has 0 bridgehead atoms. The maximum atomic E-state index is 13.0. The van der Waals surface area contributed by atoms with E-state index in [4.69, 9.17) is 33.2 Å². The van der Waals surface area contributed by atoms with Gasteiger partial charge in [-0.1, -0.05) is 292 Å². The molecule has 1 N–H and O–H groups in total. The highest BCUT2D eigenvalue weighted by Crippen LogP contribution is 2.31. The van der Waals surface area contributed by atoms with Crippen LogP contribution >= 0.6 is 0 Å². The van der Waals surface area contributed by atoms with Gasteiger partial charge in [0.15, 0.2) is 0 Å². The molecule has 1 fully saturated rings. The summed E-state index contributed by atoms with van der Waals surface area (Å²) in [5, 5.41) is 9.62. The molecule has 4 atom stereocenters. The van der Waals surface area contributed by atoms with E-state index in [9.17, 15) is 24.3 Å². The number of ether oxygens (including phenoxy) is 7. The lowest BCUT2D eigenvalue weighted by molar-refractivity contribution is -0.140. The van der Waals surface area contributed by atoms with Crippen LogP contribution < -0.4 is 0 Å². The predicted molar refractivity (Wildman–Crippen MR) is 309 cm³/mol. The highest BCUT2D eigenvalue weighted by molar-refractivity contribution is 5.62. The summed E-state index contributed by atoms with van der Waals surface area (Å²) in [6, 6.07) is 0. The van der Waals surface area contributed by atoms with Crippen molar-refractivity contribution in [3.63, 3.8) is 0 Å². The molecule has 4 unspecified atom stereocenters. The van der Waals surface area contributed by atoms with E-state index in [1.807, 2.05) is 0 Å². The van der Waals surface area contributed by atoms with Crippen LogP contribution in [0.5, 0.6) is 0 Å². The lowest BCUT2D eigenvalue weighted by atomic mass is 9.89. The van der Waals surface area contributed by atoms with Crippen molar-refractivity contribution in [2.24, 2.45) is 17.8 Å². The molecule has 0 aromatic rings. The number of hydrogen-bond donors (Lipinski definition) is 1. The fourth-order valence-corrected chi connectivity index (χ4v) is 10.4. The summed E-state index contributed by atoms with van der Waals surface area (Å²) in [6.45, 7) is 14.3. The standard InChI is InChI=1S/C64H120O12/c1-54(2)46-40-34-28-22-16-10-7-13-19-25-31-37-43-49-70-62(67)74-58-53-60(76-64(69)72-51-45-39-33-27-21-15-9-12-18-24-30-36-42-48-56(5)6)59(52-57(58)73-61(65)66)75-63(68)71-50-44-38-32-26-20-14-8-11-17-23-29-35-41-47-55(3)4/h54-60H,7-53H2,1-6H3,(H,65,66). The van der Waals surface area contributed by atoms with E-state index in [1.54, 1.807) is 0 Å². The Hall–Kier alpha value is -2.92. The molecule has 0 saturated heterocycles. The van der Waals surface area contributed by atoms with Gasteiger partial charge in [0.05, 0.1) is 19.8 Å². The van der Waals surface area contributed by atoms with Crippen LogP contribution in [0.3, 0.4) is 0 Å². The lowest BCUT2D eigenvalue weighted by Gasteiger charge is -2.37. The second-order valence-corrected chi connectivity index (χ2v) is 24.0. The normalized spacial score (nSPS) is 16.5. The Morgan fingerprint density at radius 1 is 0.289 bits per heavy atom. The fraction of sp³-hybridized carbons (Fsp3) is 0.938. The van der Waals surface area contributed by atoms with Crippen LogP contribution in [-0.4, -0.2) is 74.0 Å². The van der Waals surface area contributed by atoms with E-state index < -0.39 is 49.0 Å². The highest BCUT2D eigenvalue weighted by Gasteiger charge is 2.46. The Bertz CT molecular complexity index is 1340. The first kappa shape index (κ1) is 71.1. The largest absolute Gasteiger partial charge is 0.508 e. The minimum absolute atomic E-state index is 0.162. The molecule has 0 aromatic carbocycles. The van der Waals surface area contributed by atoms with E-state index >= 15 is 0 Å². The second-order valence-electron chi connectivity index (χ2n) is 24.0. The van der Waals surface area contributed by atoms with E-state index in [0.29, 0.717) is 19.3 Å². The van der Waals surface area contributed by atoms with Gasteiger partial charge in [-0.2, -0.15) is 0 Å². The van der Waals surface area contributed by atoms with E-state index in [2.05, 4.69) is 41.5 Å². The summed E-state index contributed by atoms with van der Waals surface area (Å²) in [5.41, 5.74) is 0. The molecular formula is C64H120O12. The van der Waals surface area contributed by atoms with Crippen molar-refractivity contribution >= 4 is 24.6 Å². The molecule has 1 rings (SSSR count). The number of carbonyl (C=O) groups is 4. The van der Waals surface area contributed by atoms with Crippen molar-refractivity contribution in [1.82, 2.24) is 0 Å². The molecule has 0 aliphatic heterocycles. The molecule has 12 heteroatoms. The van der Waals surface area contributed by atoms with E-state index in [-0.39, 0.29) is 32.7 Å². The van der Waals surface area contributed by atoms with Gasteiger partial charge in [0.2, 0.25) is 0 Å². The number of carbonyl (C=O) groups excluding carboxylic acids is 3. The topological polar surface area (TPSA) is 153 Å². The Kier molecular flexibility index (Phi) is 48.2. The van der Waals surface area contributed by atoms with Gasteiger partial charge in [0, 0.05) is 12.8 Å². The van der Waals surface area contributed by atoms with Crippen molar-refractivity contribution in [3.05, 3.63) is 0 Å². The van der Waals surface area contributed by atoms with E-state index in [1.165, 1.54) is 193 Å². The first-order valence-corrected chi connectivity index (χ1v) is 32.3. The molecule has 0 amide bonds. The lowest BCUT2D eigenvalue weighted by Crippen LogP contribution is -2.51. The molecule has 0 radical (unpaired) electrons. The smallest absolute Gasteiger partial charge is 0.450 e. The molecule has 0 spiro atoms. The summed E-state index contributed by atoms with van der Waals surface area (Å²) in [6.07, 6.45) is 41.5. The van der Waals surface area contributed by atoms with Gasteiger partial charge in [-0.15, -0.1) is 0 Å². The Balaban J connectivity index is 2.53.